The zero-order valence-corrected chi connectivity index (χ0v) is 12.0. The highest BCUT2D eigenvalue weighted by Crippen LogP contribution is 2.21. The number of aromatic nitrogens is 4. The van der Waals surface area contributed by atoms with E-state index < -0.39 is 0 Å². The summed E-state index contributed by atoms with van der Waals surface area (Å²) >= 11 is 1.58. The molecule has 0 aliphatic heterocycles. The fourth-order valence-corrected chi connectivity index (χ4v) is 2.79. The van der Waals surface area contributed by atoms with Crippen molar-refractivity contribution in [3.05, 3.63) is 41.2 Å². The van der Waals surface area contributed by atoms with Crippen LogP contribution < -0.4 is 11.1 Å². The number of para-hydroxylation sites is 1. The van der Waals surface area contributed by atoms with Crippen LogP contribution in [-0.4, -0.2) is 25.9 Å². The minimum atomic E-state index is -0.136. The fraction of sp³-hybridized carbons (Fsp3) is 0.231. The van der Waals surface area contributed by atoms with E-state index in [1.807, 2.05) is 24.3 Å². The Hall–Kier alpha value is -2.32. The van der Waals surface area contributed by atoms with E-state index >= 15 is 0 Å². The lowest BCUT2D eigenvalue weighted by Gasteiger charge is -2.02. The number of benzene rings is 1. The van der Waals surface area contributed by atoms with Crippen LogP contribution in [-0.2, 0) is 24.4 Å². The van der Waals surface area contributed by atoms with Gasteiger partial charge in [-0.25, -0.2) is 9.67 Å². The SMILES string of the molecule is NCc1cn(CC(=O)NCc2nc3ccccc3s2)nn1. The second-order valence-electron chi connectivity index (χ2n) is 4.46. The Morgan fingerprint density at radius 2 is 2.24 bits per heavy atom. The number of carbonyl (C=O) groups is 1. The van der Waals surface area contributed by atoms with Crippen molar-refractivity contribution in [2.45, 2.75) is 19.6 Å². The van der Waals surface area contributed by atoms with Gasteiger partial charge in [0.2, 0.25) is 5.91 Å². The lowest BCUT2D eigenvalue weighted by molar-refractivity contribution is -0.122. The fourth-order valence-electron chi connectivity index (χ4n) is 1.88. The van der Waals surface area contributed by atoms with Gasteiger partial charge in [-0.05, 0) is 12.1 Å². The molecule has 1 amide bonds. The third-order valence-electron chi connectivity index (χ3n) is 2.88. The molecule has 21 heavy (non-hydrogen) atoms. The number of fused-ring (bicyclic) bond motifs is 1. The summed E-state index contributed by atoms with van der Waals surface area (Å²) in [5.41, 5.74) is 7.06. The minimum absolute atomic E-state index is 0.123. The molecule has 3 aromatic rings. The smallest absolute Gasteiger partial charge is 0.242 e. The molecule has 7 nitrogen and oxygen atoms in total. The average Bonchev–Trinajstić information content (AvgIpc) is 3.10. The molecule has 0 aliphatic rings. The van der Waals surface area contributed by atoms with Crippen molar-refractivity contribution < 1.29 is 4.79 Å². The van der Waals surface area contributed by atoms with Crippen LogP contribution in [0.5, 0.6) is 0 Å². The predicted molar refractivity (Wildman–Crippen MR) is 79.4 cm³/mol. The zero-order chi connectivity index (χ0) is 14.7. The van der Waals surface area contributed by atoms with Gasteiger partial charge in [-0.2, -0.15) is 0 Å². The van der Waals surface area contributed by atoms with Crippen molar-refractivity contribution >= 4 is 27.5 Å². The molecule has 0 fully saturated rings. The molecule has 0 saturated heterocycles. The summed E-state index contributed by atoms with van der Waals surface area (Å²) < 4.78 is 2.58. The van der Waals surface area contributed by atoms with Gasteiger partial charge in [0, 0.05) is 6.54 Å². The van der Waals surface area contributed by atoms with Crippen LogP contribution in [0.3, 0.4) is 0 Å². The first-order valence-electron chi connectivity index (χ1n) is 6.45. The first-order valence-corrected chi connectivity index (χ1v) is 7.26. The number of thiazole rings is 1. The zero-order valence-electron chi connectivity index (χ0n) is 11.2. The van der Waals surface area contributed by atoms with Gasteiger partial charge < -0.3 is 11.1 Å². The van der Waals surface area contributed by atoms with E-state index in [2.05, 4.69) is 20.6 Å². The van der Waals surface area contributed by atoms with Gasteiger partial charge >= 0.3 is 0 Å². The topological polar surface area (TPSA) is 98.7 Å². The number of carbonyl (C=O) groups excluding carboxylic acids is 1. The predicted octanol–water partition coefficient (Wildman–Crippen LogP) is 0.663. The van der Waals surface area contributed by atoms with Crippen molar-refractivity contribution in [3.63, 3.8) is 0 Å². The maximum absolute atomic E-state index is 11.8. The minimum Gasteiger partial charge on any atom is -0.348 e. The van der Waals surface area contributed by atoms with E-state index in [0.717, 1.165) is 15.2 Å². The quantitative estimate of drug-likeness (QED) is 0.721. The lowest BCUT2D eigenvalue weighted by Crippen LogP contribution is -2.27. The molecule has 0 bridgehead atoms. The van der Waals surface area contributed by atoms with Crippen LogP contribution >= 0.6 is 11.3 Å². The number of nitrogens with two attached hydrogens (primary N) is 1. The molecule has 0 spiro atoms. The van der Waals surface area contributed by atoms with Crippen molar-refractivity contribution in [2.75, 3.05) is 0 Å². The number of hydrogen-bond donors (Lipinski definition) is 2. The Morgan fingerprint density at radius 1 is 1.38 bits per heavy atom. The maximum Gasteiger partial charge on any atom is 0.242 e. The van der Waals surface area contributed by atoms with Gasteiger partial charge in [0.05, 0.1) is 28.7 Å². The van der Waals surface area contributed by atoms with Gasteiger partial charge in [0.25, 0.3) is 0 Å². The standard InChI is InChI=1S/C13H14N6OS/c14-5-9-7-19(18-17-9)8-12(20)15-6-13-16-10-3-1-2-4-11(10)21-13/h1-4,7H,5-6,8,14H2,(H,15,20). The molecule has 3 rings (SSSR count). The summed E-state index contributed by atoms with van der Waals surface area (Å²) in [4.78, 5) is 16.3. The highest BCUT2D eigenvalue weighted by atomic mass is 32.1. The Morgan fingerprint density at radius 3 is 3.00 bits per heavy atom. The van der Waals surface area contributed by atoms with E-state index in [1.165, 1.54) is 4.68 Å². The summed E-state index contributed by atoms with van der Waals surface area (Å²) in [6, 6.07) is 7.90. The number of rotatable bonds is 5. The van der Waals surface area contributed by atoms with Gasteiger partial charge in [0.1, 0.15) is 11.6 Å². The first kappa shape index (κ1) is 13.7. The van der Waals surface area contributed by atoms with Crippen LogP contribution in [0.4, 0.5) is 0 Å². The molecule has 0 radical (unpaired) electrons. The maximum atomic E-state index is 11.8. The molecule has 108 valence electrons. The van der Waals surface area contributed by atoms with Crippen LogP contribution in [0.15, 0.2) is 30.5 Å². The molecule has 0 atom stereocenters. The Balaban J connectivity index is 1.57. The van der Waals surface area contributed by atoms with Gasteiger partial charge in [-0.15, -0.1) is 16.4 Å². The molecule has 2 heterocycles. The summed E-state index contributed by atoms with van der Waals surface area (Å²) in [5, 5.41) is 11.4. The van der Waals surface area contributed by atoms with Gasteiger partial charge in [-0.1, -0.05) is 17.3 Å². The molecule has 1 aromatic carbocycles. The van der Waals surface area contributed by atoms with Crippen molar-refractivity contribution in [1.29, 1.82) is 0 Å². The number of amides is 1. The first-order chi connectivity index (χ1) is 10.2. The monoisotopic (exact) mass is 302 g/mol. The van der Waals surface area contributed by atoms with Crippen molar-refractivity contribution in [2.24, 2.45) is 5.73 Å². The lowest BCUT2D eigenvalue weighted by atomic mass is 10.3. The molecule has 8 heteroatoms. The summed E-state index contributed by atoms with van der Waals surface area (Å²) in [7, 11) is 0. The van der Waals surface area contributed by atoms with E-state index in [9.17, 15) is 4.79 Å². The second-order valence-corrected chi connectivity index (χ2v) is 5.58. The third kappa shape index (κ3) is 3.23. The normalized spacial score (nSPS) is 10.9. The highest BCUT2D eigenvalue weighted by Gasteiger charge is 2.07. The van der Waals surface area contributed by atoms with Gasteiger partial charge in [0.15, 0.2) is 0 Å². The molecule has 0 saturated carbocycles. The Bertz CT molecular complexity index is 732. The van der Waals surface area contributed by atoms with Gasteiger partial charge in [-0.3, -0.25) is 4.79 Å². The number of nitrogens with zero attached hydrogens (tertiary/aromatic N) is 4. The van der Waals surface area contributed by atoms with E-state index in [-0.39, 0.29) is 12.5 Å². The van der Waals surface area contributed by atoms with Crippen molar-refractivity contribution in [3.8, 4) is 0 Å². The number of hydrogen-bond acceptors (Lipinski definition) is 6. The van der Waals surface area contributed by atoms with E-state index in [1.54, 1.807) is 17.5 Å². The van der Waals surface area contributed by atoms with E-state index in [0.29, 0.717) is 18.8 Å². The Labute approximate surface area is 124 Å². The third-order valence-corrected chi connectivity index (χ3v) is 3.91. The molecular weight excluding hydrogens is 288 g/mol. The Kier molecular flexibility index (Phi) is 3.89. The average molecular weight is 302 g/mol. The molecule has 2 aromatic heterocycles. The van der Waals surface area contributed by atoms with Crippen LogP contribution in [0.2, 0.25) is 0 Å². The van der Waals surface area contributed by atoms with Crippen LogP contribution in [0, 0.1) is 0 Å². The number of nitrogens with one attached hydrogen (secondary N) is 1. The highest BCUT2D eigenvalue weighted by molar-refractivity contribution is 7.18. The second kappa shape index (κ2) is 5.98. The largest absolute Gasteiger partial charge is 0.348 e. The molecule has 0 unspecified atom stereocenters. The summed E-state index contributed by atoms with van der Waals surface area (Å²) in [5.74, 6) is -0.136. The van der Waals surface area contributed by atoms with Crippen LogP contribution in [0.25, 0.3) is 10.2 Å². The molecule has 0 aliphatic carbocycles. The summed E-state index contributed by atoms with van der Waals surface area (Å²) in [6.07, 6.45) is 1.66. The summed E-state index contributed by atoms with van der Waals surface area (Å²) in [6.45, 7) is 0.849. The molecular formula is C13H14N6OS. The molecule has 3 N–H and O–H groups in total. The van der Waals surface area contributed by atoms with E-state index in [4.69, 9.17) is 5.73 Å². The van der Waals surface area contributed by atoms with Crippen molar-refractivity contribution in [1.82, 2.24) is 25.3 Å². The van der Waals surface area contributed by atoms with Crippen LogP contribution in [0.1, 0.15) is 10.7 Å².